The molecule has 9 nitrogen and oxygen atoms in total. The number of anilines is 1. The topological polar surface area (TPSA) is 102 Å². The quantitative estimate of drug-likeness (QED) is 0.582. The molecule has 0 N–H and O–H groups in total. The van der Waals surface area contributed by atoms with E-state index >= 15 is 0 Å². The predicted octanol–water partition coefficient (Wildman–Crippen LogP) is 2.31. The minimum Gasteiger partial charge on any atom is -0.495 e. The Morgan fingerprint density at radius 3 is 2.44 bits per heavy atom. The molecule has 0 fully saturated rings. The first kappa shape index (κ1) is 23.6. The Morgan fingerprint density at radius 1 is 1.12 bits per heavy atom. The Morgan fingerprint density at radius 2 is 1.81 bits per heavy atom. The van der Waals surface area contributed by atoms with Gasteiger partial charge in [-0.15, -0.1) is 0 Å². The summed E-state index contributed by atoms with van der Waals surface area (Å²) in [5.41, 5.74) is 0.610. The van der Waals surface area contributed by atoms with Gasteiger partial charge in [-0.05, 0) is 30.3 Å². The van der Waals surface area contributed by atoms with Crippen LogP contribution in [0.4, 0.5) is 5.69 Å². The van der Waals surface area contributed by atoms with Gasteiger partial charge in [0.1, 0.15) is 16.4 Å². The fourth-order valence-corrected chi connectivity index (χ4v) is 5.19. The molecular formula is C22H26N2O7S. The smallest absolute Gasteiger partial charge is 0.348 e. The number of hydrogen-bond donors (Lipinski definition) is 0. The van der Waals surface area contributed by atoms with E-state index in [1.54, 1.807) is 38.1 Å². The summed E-state index contributed by atoms with van der Waals surface area (Å²) in [6.45, 7) is 3.95. The number of amides is 1. The molecule has 1 aliphatic rings. The summed E-state index contributed by atoms with van der Waals surface area (Å²) in [6.07, 6.45) is -1.00. The highest BCUT2D eigenvalue weighted by molar-refractivity contribution is 7.89. The molecule has 172 valence electrons. The number of fused-ring (bicyclic) bond motifs is 1. The van der Waals surface area contributed by atoms with E-state index in [1.807, 2.05) is 0 Å². The number of nitrogens with zero attached hydrogens (tertiary/aromatic N) is 2. The highest BCUT2D eigenvalue weighted by Gasteiger charge is 2.35. The fraction of sp³-hybridized carbons (Fsp3) is 0.364. The van der Waals surface area contributed by atoms with E-state index in [1.165, 1.54) is 41.6 Å². The van der Waals surface area contributed by atoms with Crippen molar-refractivity contribution in [3.05, 3.63) is 48.0 Å². The second kappa shape index (κ2) is 9.58. The molecule has 1 unspecified atom stereocenters. The van der Waals surface area contributed by atoms with Crippen LogP contribution in [0.25, 0.3) is 0 Å². The number of para-hydroxylation sites is 2. The maximum absolute atomic E-state index is 13.5. The van der Waals surface area contributed by atoms with Crippen molar-refractivity contribution < 1.29 is 32.2 Å². The van der Waals surface area contributed by atoms with Crippen molar-refractivity contribution in [3.63, 3.8) is 0 Å². The number of rotatable bonds is 7. The third kappa shape index (κ3) is 4.28. The average Bonchev–Trinajstić information content (AvgIpc) is 2.82. The van der Waals surface area contributed by atoms with Crippen molar-refractivity contribution in [1.29, 1.82) is 0 Å². The molecule has 1 aliphatic heterocycles. The summed E-state index contributed by atoms with van der Waals surface area (Å²) >= 11 is 0. The van der Waals surface area contributed by atoms with E-state index in [9.17, 15) is 18.0 Å². The van der Waals surface area contributed by atoms with Gasteiger partial charge in [-0.2, -0.15) is 4.31 Å². The van der Waals surface area contributed by atoms with Crippen LogP contribution in [0.2, 0.25) is 0 Å². The van der Waals surface area contributed by atoms with Gasteiger partial charge < -0.3 is 19.1 Å². The van der Waals surface area contributed by atoms with E-state index in [0.29, 0.717) is 11.4 Å². The Balaban J connectivity index is 2.07. The highest BCUT2D eigenvalue weighted by Crippen LogP contribution is 2.35. The largest absolute Gasteiger partial charge is 0.495 e. The molecule has 0 saturated heterocycles. The molecule has 1 heterocycles. The first-order valence-electron chi connectivity index (χ1n) is 10.1. The molecule has 2 aromatic carbocycles. The van der Waals surface area contributed by atoms with Crippen LogP contribution in [0.1, 0.15) is 24.2 Å². The van der Waals surface area contributed by atoms with Crippen LogP contribution in [-0.4, -0.2) is 64.6 Å². The summed E-state index contributed by atoms with van der Waals surface area (Å²) in [5.74, 6) is -0.597. The maximum atomic E-state index is 13.5. The molecule has 0 saturated carbocycles. The zero-order valence-corrected chi connectivity index (χ0v) is 19.2. The summed E-state index contributed by atoms with van der Waals surface area (Å²) < 4.78 is 43.3. The van der Waals surface area contributed by atoms with Gasteiger partial charge in [0.05, 0.1) is 26.5 Å². The van der Waals surface area contributed by atoms with Crippen molar-refractivity contribution in [2.24, 2.45) is 0 Å². The maximum Gasteiger partial charge on any atom is 0.348 e. The van der Waals surface area contributed by atoms with Gasteiger partial charge in [-0.3, -0.25) is 4.79 Å². The predicted molar refractivity (Wildman–Crippen MR) is 118 cm³/mol. The van der Waals surface area contributed by atoms with Crippen molar-refractivity contribution >= 4 is 27.6 Å². The molecule has 3 rings (SSSR count). The Kier molecular flexibility index (Phi) is 7.05. The average molecular weight is 463 g/mol. The Bertz CT molecular complexity index is 1110. The van der Waals surface area contributed by atoms with Gasteiger partial charge in [0, 0.05) is 18.7 Å². The standard InChI is InChI=1S/C22H26N2O7S/c1-5-23(6-2)32(27,28)20-13-15(11-12-18(20)29-3)21(25)24-14-19(22(26)30-4)31-17-10-8-7-9-16(17)24/h7-13,19H,5-6,14H2,1-4H3. The molecule has 0 spiro atoms. The third-order valence-corrected chi connectivity index (χ3v) is 7.29. The van der Waals surface area contributed by atoms with E-state index < -0.39 is 28.0 Å². The molecule has 0 aromatic heterocycles. The molecule has 10 heteroatoms. The second-order valence-electron chi connectivity index (χ2n) is 6.97. The van der Waals surface area contributed by atoms with Gasteiger partial charge in [0.15, 0.2) is 0 Å². The van der Waals surface area contributed by atoms with Crippen LogP contribution in [0, 0.1) is 0 Å². The number of methoxy groups -OCH3 is 2. The highest BCUT2D eigenvalue weighted by atomic mass is 32.2. The summed E-state index contributed by atoms with van der Waals surface area (Å²) in [4.78, 5) is 26.9. The van der Waals surface area contributed by atoms with Crippen LogP contribution in [0.5, 0.6) is 11.5 Å². The van der Waals surface area contributed by atoms with Crippen molar-refractivity contribution in [3.8, 4) is 11.5 Å². The zero-order chi connectivity index (χ0) is 23.5. The van der Waals surface area contributed by atoms with E-state index in [-0.39, 0.29) is 35.8 Å². The first-order valence-corrected chi connectivity index (χ1v) is 11.6. The minimum absolute atomic E-state index is 0.0767. The van der Waals surface area contributed by atoms with E-state index in [2.05, 4.69) is 0 Å². The Labute approximate surface area is 187 Å². The molecule has 32 heavy (non-hydrogen) atoms. The molecule has 1 amide bonds. The lowest BCUT2D eigenvalue weighted by Gasteiger charge is -2.33. The van der Waals surface area contributed by atoms with Gasteiger partial charge in [-0.25, -0.2) is 13.2 Å². The van der Waals surface area contributed by atoms with Crippen molar-refractivity contribution in [2.75, 3.05) is 38.8 Å². The number of carbonyl (C=O) groups is 2. The molecular weight excluding hydrogens is 436 g/mol. The molecule has 0 bridgehead atoms. The lowest BCUT2D eigenvalue weighted by Crippen LogP contribution is -2.47. The van der Waals surface area contributed by atoms with Crippen LogP contribution < -0.4 is 14.4 Å². The number of benzene rings is 2. The summed E-state index contributed by atoms with van der Waals surface area (Å²) in [6, 6.07) is 11.1. The van der Waals surface area contributed by atoms with E-state index in [4.69, 9.17) is 14.2 Å². The van der Waals surface area contributed by atoms with Gasteiger partial charge >= 0.3 is 5.97 Å². The molecule has 0 radical (unpaired) electrons. The lowest BCUT2D eigenvalue weighted by molar-refractivity contribution is -0.148. The van der Waals surface area contributed by atoms with Crippen LogP contribution in [-0.2, 0) is 19.6 Å². The van der Waals surface area contributed by atoms with Gasteiger partial charge in [-0.1, -0.05) is 26.0 Å². The molecule has 1 atom stereocenters. The van der Waals surface area contributed by atoms with Crippen LogP contribution in [0.3, 0.4) is 0 Å². The van der Waals surface area contributed by atoms with Crippen LogP contribution >= 0.6 is 0 Å². The van der Waals surface area contributed by atoms with E-state index in [0.717, 1.165) is 0 Å². The van der Waals surface area contributed by atoms with Crippen molar-refractivity contribution in [2.45, 2.75) is 24.8 Å². The Hall–Kier alpha value is -3.11. The van der Waals surface area contributed by atoms with Crippen molar-refractivity contribution in [1.82, 2.24) is 4.31 Å². The SMILES string of the molecule is CCN(CC)S(=O)(=O)c1cc(C(=O)N2CC(C(=O)OC)Oc3ccccc32)ccc1OC. The zero-order valence-electron chi connectivity index (χ0n) is 18.4. The normalized spacial score (nSPS) is 15.7. The lowest BCUT2D eigenvalue weighted by atomic mass is 10.1. The second-order valence-corrected chi connectivity index (χ2v) is 8.87. The fourth-order valence-electron chi connectivity index (χ4n) is 3.55. The summed E-state index contributed by atoms with van der Waals surface area (Å²) in [5, 5.41) is 0. The number of carbonyl (C=O) groups excluding carboxylic acids is 2. The number of ether oxygens (including phenoxy) is 3. The first-order chi connectivity index (χ1) is 15.3. The van der Waals surface area contributed by atoms with Gasteiger partial charge in [0.2, 0.25) is 16.1 Å². The van der Waals surface area contributed by atoms with Gasteiger partial charge in [0.25, 0.3) is 5.91 Å². The number of sulfonamides is 1. The molecule has 2 aromatic rings. The van der Waals surface area contributed by atoms with Crippen LogP contribution in [0.15, 0.2) is 47.4 Å². The number of esters is 1. The third-order valence-electron chi connectivity index (χ3n) is 5.22. The number of hydrogen-bond acceptors (Lipinski definition) is 7. The minimum atomic E-state index is -3.88. The monoisotopic (exact) mass is 462 g/mol. The molecule has 0 aliphatic carbocycles. The summed E-state index contributed by atoms with van der Waals surface area (Å²) in [7, 11) is -1.27.